The third-order valence-electron chi connectivity index (χ3n) is 2.88. The van der Waals surface area contributed by atoms with Crippen molar-refractivity contribution >= 4 is 45.4 Å². The van der Waals surface area contributed by atoms with Crippen molar-refractivity contribution in [2.45, 2.75) is 6.92 Å². The van der Waals surface area contributed by atoms with Gasteiger partial charge >= 0.3 is 5.97 Å². The summed E-state index contributed by atoms with van der Waals surface area (Å²) in [4.78, 5) is 34.6. The molecular formula is C17H14BrNO5. The van der Waals surface area contributed by atoms with Crippen LogP contribution in [0.25, 0.3) is 6.08 Å². The van der Waals surface area contributed by atoms with Crippen LogP contribution < -0.4 is 5.32 Å². The number of rotatable bonds is 6. The Morgan fingerprint density at radius 2 is 2.04 bits per heavy atom. The zero-order chi connectivity index (χ0) is 17.5. The molecule has 0 radical (unpaired) electrons. The number of anilines is 1. The molecule has 1 aromatic carbocycles. The first kappa shape index (κ1) is 17.7. The third kappa shape index (κ3) is 5.51. The zero-order valence-corrected chi connectivity index (χ0v) is 14.3. The van der Waals surface area contributed by atoms with Crippen molar-refractivity contribution in [1.29, 1.82) is 0 Å². The highest BCUT2D eigenvalue weighted by Crippen LogP contribution is 2.15. The number of benzene rings is 1. The van der Waals surface area contributed by atoms with E-state index in [4.69, 9.17) is 9.15 Å². The molecule has 0 aliphatic carbocycles. The molecule has 1 heterocycles. The van der Waals surface area contributed by atoms with Crippen molar-refractivity contribution < 1.29 is 23.5 Å². The number of ketones is 1. The Morgan fingerprint density at radius 1 is 1.25 bits per heavy atom. The van der Waals surface area contributed by atoms with Crippen LogP contribution >= 0.6 is 15.9 Å². The minimum absolute atomic E-state index is 0.104. The molecule has 2 aromatic rings. The second kappa shape index (κ2) is 8.26. The molecule has 1 amide bonds. The van der Waals surface area contributed by atoms with Crippen LogP contribution in [0.15, 0.2) is 51.6 Å². The van der Waals surface area contributed by atoms with Crippen molar-refractivity contribution in [3.05, 3.63) is 58.5 Å². The Kier molecular flexibility index (Phi) is 6.08. The lowest BCUT2D eigenvalue weighted by atomic mass is 10.1. The van der Waals surface area contributed by atoms with E-state index >= 15 is 0 Å². The average Bonchev–Trinajstić information content (AvgIpc) is 2.96. The molecule has 0 saturated heterocycles. The maximum atomic E-state index is 11.8. The fourth-order valence-electron chi connectivity index (χ4n) is 1.77. The number of carbonyl (C=O) groups is 3. The summed E-state index contributed by atoms with van der Waals surface area (Å²) in [6.45, 7) is 1.00. The SMILES string of the molecule is CC(=O)c1cccc(NC(=O)COC(=O)/C=C/c2ccc(Br)o2)c1. The van der Waals surface area contributed by atoms with Crippen molar-refractivity contribution in [3.63, 3.8) is 0 Å². The normalized spacial score (nSPS) is 10.6. The summed E-state index contributed by atoms with van der Waals surface area (Å²) in [5.74, 6) is -0.801. The number of carbonyl (C=O) groups excluding carboxylic acids is 3. The number of amides is 1. The van der Waals surface area contributed by atoms with Crippen molar-refractivity contribution in [2.75, 3.05) is 11.9 Å². The van der Waals surface area contributed by atoms with Crippen molar-refractivity contribution in [2.24, 2.45) is 0 Å². The lowest BCUT2D eigenvalue weighted by molar-refractivity contribution is -0.142. The second-order valence-corrected chi connectivity index (χ2v) is 5.55. The second-order valence-electron chi connectivity index (χ2n) is 4.77. The molecule has 7 heteroatoms. The van der Waals surface area contributed by atoms with Crippen molar-refractivity contribution in [3.8, 4) is 0 Å². The molecule has 24 heavy (non-hydrogen) atoms. The van der Waals surface area contributed by atoms with Crippen LogP contribution in [0.3, 0.4) is 0 Å². The molecule has 124 valence electrons. The van der Waals surface area contributed by atoms with E-state index in [0.29, 0.717) is 21.7 Å². The molecule has 2 rings (SSSR count). The summed E-state index contributed by atoms with van der Waals surface area (Å²) < 4.78 is 10.6. The van der Waals surface area contributed by atoms with Crippen LogP contribution in [0, 0.1) is 0 Å². The predicted octanol–water partition coefficient (Wildman–Crippen LogP) is 3.44. The first-order chi connectivity index (χ1) is 11.4. The number of nitrogens with one attached hydrogen (secondary N) is 1. The van der Waals surface area contributed by atoms with E-state index in [9.17, 15) is 14.4 Å². The molecule has 0 aliphatic heterocycles. The zero-order valence-electron chi connectivity index (χ0n) is 12.7. The highest BCUT2D eigenvalue weighted by Gasteiger charge is 2.07. The predicted molar refractivity (Wildman–Crippen MR) is 91.5 cm³/mol. The van der Waals surface area contributed by atoms with E-state index in [2.05, 4.69) is 21.2 Å². The van der Waals surface area contributed by atoms with Gasteiger partial charge in [0, 0.05) is 17.3 Å². The van der Waals surface area contributed by atoms with Gasteiger partial charge in [-0.05, 0) is 53.2 Å². The van der Waals surface area contributed by atoms with Crippen LogP contribution in [0.5, 0.6) is 0 Å². The monoisotopic (exact) mass is 391 g/mol. The number of Topliss-reactive ketones (excluding diaryl/α,β-unsaturated/α-hetero) is 1. The summed E-state index contributed by atoms with van der Waals surface area (Å²) in [7, 11) is 0. The summed E-state index contributed by atoms with van der Waals surface area (Å²) in [6.07, 6.45) is 2.59. The maximum absolute atomic E-state index is 11.8. The third-order valence-corrected chi connectivity index (χ3v) is 3.30. The van der Waals surface area contributed by atoms with Crippen LogP contribution in [0.1, 0.15) is 23.0 Å². The van der Waals surface area contributed by atoms with E-state index in [1.807, 2.05) is 0 Å². The van der Waals surface area contributed by atoms with Gasteiger partial charge in [0.15, 0.2) is 17.1 Å². The Hall–Kier alpha value is -2.67. The maximum Gasteiger partial charge on any atom is 0.331 e. The van der Waals surface area contributed by atoms with E-state index in [-0.39, 0.29) is 5.78 Å². The van der Waals surface area contributed by atoms with Gasteiger partial charge in [-0.2, -0.15) is 0 Å². The first-order valence-corrected chi connectivity index (χ1v) is 7.74. The van der Waals surface area contributed by atoms with Gasteiger partial charge in [-0.25, -0.2) is 4.79 Å². The standard InChI is InChI=1S/C17H14BrNO5/c1-11(20)12-3-2-4-13(9-12)19-16(21)10-23-17(22)8-6-14-5-7-15(18)24-14/h2-9H,10H2,1H3,(H,19,21)/b8-6+. The molecule has 1 N–H and O–H groups in total. The summed E-state index contributed by atoms with van der Waals surface area (Å²) in [6, 6.07) is 9.85. The summed E-state index contributed by atoms with van der Waals surface area (Å²) >= 11 is 3.14. The molecule has 0 bridgehead atoms. The Bertz CT molecular complexity index is 794. The Labute approximate surface area is 146 Å². The molecule has 0 unspecified atom stereocenters. The average molecular weight is 392 g/mol. The van der Waals surface area contributed by atoms with Crippen LogP contribution in [-0.2, 0) is 14.3 Å². The fraction of sp³-hybridized carbons (Fsp3) is 0.118. The van der Waals surface area contributed by atoms with Gasteiger partial charge in [0.1, 0.15) is 5.76 Å². The van der Waals surface area contributed by atoms with Gasteiger partial charge in [-0.3, -0.25) is 9.59 Å². The van der Waals surface area contributed by atoms with Gasteiger partial charge in [0.25, 0.3) is 5.91 Å². The molecule has 1 aromatic heterocycles. The van der Waals surface area contributed by atoms with Gasteiger partial charge in [0.05, 0.1) is 0 Å². The van der Waals surface area contributed by atoms with Gasteiger partial charge in [-0.15, -0.1) is 0 Å². The number of hydrogen-bond acceptors (Lipinski definition) is 5. The summed E-state index contributed by atoms with van der Waals surface area (Å²) in [5, 5.41) is 2.55. The van der Waals surface area contributed by atoms with E-state index < -0.39 is 18.5 Å². The highest BCUT2D eigenvalue weighted by atomic mass is 79.9. The number of ether oxygens (including phenoxy) is 1. The lowest BCUT2D eigenvalue weighted by Crippen LogP contribution is -2.20. The minimum Gasteiger partial charge on any atom is -0.452 e. The molecule has 6 nitrogen and oxygen atoms in total. The number of hydrogen-bond donors (Lipinski definition) is 1. The lowest BCUT2D eigenvalue weighted by Gasteiger charge is -2.06. The molecule has 0 atom stereocenters. The molecule has 0 aliphatic rings. The Morgan fingerprint density at radius 3 is 2.71 bits per heavy atom. The fourth-order valence-corrected chi connectivity index (χ4v) is 2.08. The van der Waals surface area contributed by atoms with Gasteiger partial charge in [-0.1, -0.05) is 12.1 Å². The van der Waals surface area contributed by atoms with E-state index in [0.717, 1.165) is 6.08 Å². The van der Waals surface area contributed by atoms with E-state index in [1.165, 1.54) is 13.0 Å². The number of esters is 1. The molecule has 0 fully saturated rings. The number of furan rings is 1. The summed E-state index contributed by atoms with van der Waals surface area (Å²) in [5.41, 5.74) is 0.942. The molecular weight excluding hydrogens is 378 g/mol. The topological polar surface area (TPSA) is 85.6 Å². The van der Waals surface area contributed by atoms with E-state index in [1.54, 1.807) is 36.4 Å². The minimum atomic E-state index is -0.671. The first-order valence-electron chi connectivity index (χ1n) is 6.95. The molecule has 0 saturated carbocycles. The van der Waals surface area contributed by atoms with Crippen molar-refractivity contribution in [1.82, 2.24) is 0 Å². The van der Waals surface area contributed by atoms with Gasteiger partial charge in [0.2, 0.25) is 0 Å². The highest BCUT2D eigenvalue weighted by molar-refractivity contribution is 9.10. The van der Waals surface area contributed by atoms with Crippen LogP contribution in [-0.4, -0.2) is 24.3 Å². The molecule has 0 spiro atoms. The largest absolute Gasteiger partial charge is 0.452 e. The smallest absolute Gasteiger partial charge is 0.331 e. The number of halogens is 1. The Balaban J connectivity index is 1.82. The van der Waals surface area contributed by atoms with Crippen LogP contribution in [0.4, 0.5) is 5.69 Å². The quantitative estimate of drug-likeness (QED) is 0.463. The van der Waals surface area contributed by atoms with Crippen LogP contribution in [0.2, 0.25) is 0 Å². The van der Waals surface area contributed by atoms with Gasteiger partial charge < -0.3 is 14.5 Å².